The van der Waals surface area contributed by atoms with Crippen LogP contribution in [-0.2, 0) is 19.0 Å². The van der Waals surface area contributed by atoms with Gasteiger partial charge in [0, 0.05) is 6.42 Å². The van der Waals surface area contributed by atoms with E-state index in [1.807, 2.05) is 20.8 Å². The fraction of sp³-hybridized carbons (Fsp3) is 0.867. The topological polar surface area (TPSA) is 73.9 Å². The second-order valence-corrected chi connectivity index (χ2v) is 7.37. The van der Waals surface area contributed by atoms with Crippen LogP contribution in [0.15, 0.2) is 0 Å². The lowest BCUT2D eigenvalue weighted by Crippen LogP contribution is -2.52. The Balaban J connectivity index is 2.65. The Labute approximate surface area is 126 Å². The number of hydrogen-bond acceptors (Lipinski definition) is 5. The summed E-state index contributed by atoms with van der Waals surface area (Å²) < 4.78 is 15.7. The van der Waals surface area contributed by atoms with Crippen molar-refractivity contribution in [3.8, 4) is 0 Å². The standard InChI is InChI=1S/C15H27NO5/c1-14(2,3)11(12(17)21-15(4,5)6)16-13(18)20-10-7-8-19-9-10/h10-11H,7-9H2,1-6H3,(H,16,18)/t10-,11+/m0/s1. The van der Waals surface area contributed by atoms with Gasteiger partial charge in [-0.1, -0.05) is 20.8 Å². The zero-order valence-corrected chi connectivity index (χ0v) is 13.8. The molecule has 0 aliphatic carbocycles. The number of nitrogens with one attached hydrogen (secondary N) is 1. The number of amides is 1. The van der Waals surface area contributed by atoms with Gasteiger partial charge in [0.15, 0.2) is 0 Å². The molecule has 0 saturated carbocycles. The maximum atomic E-state index is 12.3. The van der Waals surface area contributed by atoms with E-state index in [0.717, 1.165) is 0 Å². The molecule has 0 aromatic carbocycles. The third-order valence-corrected chi connectivity index (χ3v) is 2.93. The molecule has 1 amide bonds. The summed E-state index contributed by atoms with van der Waals surface area (Å²) in [5.41, 5.74) is -1.08. The van der Waals surface area contributed by atoms with Gasteiger partial charge in [0.25, 0.3) is 0 Å². The molecule has 0 spiro atoms. The third kappa shape index (κ3) is 6.33. The minimum absolute atomic E-state index is 0.246. The number of carbonyl (C=O) groups is 2. The molecule has 0 aromatic heterocycles. The highest BCUT2D eigenvalue weighted by molar-refractivity contribution is 5.82. The van der Waals surface area contributed by atoms with Gasteiger partial charge in [-0.3, -0.25) is 0 Å². The Morgan fingerprint density at radius 3 is 2.24 bits per heavy atom. The molecule has 6 heteroatoms. The SMILES string of the molecule is CC(C)(C)OC(=O)[C@@H](NC(=O)O[C@H]1CCOC1)C(C)(C)C. The maximum absolute atomic E-state index is 12.3. The van der Waals surface area contributed by atoms with E-state index in [1.165, 1.54) is 0 Å². The van der Waals surface area contributed by atoms with Gasteiger partial charge in [0.05, 0.1) is 13.2 Å². The normalized spacial score (nSPS) is 20.8. The van der Waals surface area contributed by atoms with Crippen molar-refractivity contribution >= 4 is 12.1 Å². The first-order valence-corrected chi connectivity index (χ1v) is 7.27. The highest BCUT2D eigenvalue weighted by Gasteiger charge is 2.37. The van der Waals surface area contributed by atoms with Crippen LogP contribution in [-0.4, -0.2) is 43.0 Å². The monoisotopic (exact) mass is 301 g/mol. The average molecular weight is 301 g/mol. The van der Waals surface area contributed by atoms with Crippen molar-refractivity contribution in [2.45, 2.75) is 65.7 Å². The summed E-state index contributed by atoms with van der Waals surface area (Å²) in [6.07, 6.45) is -0.180. The van der Waals surface area contributed by atoms with Crippen LogP contribution in [0.5, 0.6) is 0 Å². The van der Waals surface area contributed by atoms with Gasteiger partial charge in [-0.05, 0) is 26.2 Å². The third-order valence-electron chi connectivity index (χ3n) is 2.93. The summed E-state index contributed by atoms with van der Waals surface area (Å²) in [6, 6.07) is -0.772. The zero-order chi connectivity index (χ0) is 16.3. The Bertz CT molecular complexity index is 375. The number of alkyl carbamates (subject to hydrolysis) is 1. The van der Waals surface area contributed by atoms with Crippen LogP contribution in [0.3, 0.4) is 0 Å². The van der Waals surface area contributed by atoms with Gasteiger partial charge in [-0.2, -0.15) is 0 Å². The molecule has 122 valence electrons. The van der Waals surface area contributed by atoms with Crippen molar-refractivity contribution < 1.29 is 23.8 Å². The molecule has 1 fully saturated rings. The quantitative estimate of drug-likeness (QED) is 0.809. The average Bonchev–Trinajstić information content (AvgIpc) is 2.74. The van der Waals surface area contributed by atoms with Crippen molar-refractivity contribution in [1.29, 1.82) is 0 Å². The summed E-state index contributed by atoms with van der Waals surface area (Å²) >= 11 is 0. The first-order chi connectivity index (χ1) is 9.49. The molecule has 1 aliphatic rings. The van der Waals surface area contributed by atoms with Gasteiger partial charge in [-0.25, -0.2) is 9.59 Å². The molecule has 21 heavy (non-hydrogen) atoms. The van der Waals surface area contributed by atoms with E-state index >= 15 is 0 Å². The summed E-state index contributed by atoms with van der Waals surface area (Å²) in [5, 5.41) is 2.61. The van der Waals surface area contributed by atoms with Crippen molar-refractivity contribution in [2.24, 2.45) is 5.41 Å². The molecule has 1 aliphatic heterocycles. The van der Waals surface area contributed by atoms with Crippen molar-refractivity contribution in [3.63, 3.8) is 0 Å². The number of ether oxygens (including phenoxy) is 3. The molecule has 2 atom stereocenters. The van der Waals surface area contributed by atoms with E-state index in [0.29, 0.717) is 19.6 Å². The van der Waals surface area contributed by atoms with Crippen molar-refractivity contribution in [1.82, 2.24) is 5.32 Å². The van der Waals surface area contributed by atoms with E-state index in [4.69, 9.17) is 14.2 Å². The first-order valence-electron chi connectivity index (χ1n) is 7.27. The lowest BCUT2D eigenvalue weighted by Gasteiger charge is -2.32. The van der Waals surface area contributed by atoms with Crippen LogP contribution in [0, 0.1) is 5.41 Å². The molecule has 0 bridgehead atoms. The largest absolute Gasteiger partial charge is 0.458 e. The summed E-state index contributed by atoms with van der Waals surface area (Å²) in [6.45, 7) is 11.9. The van der Waals surface area contributed by atoms with E-state index in [9.17, 15) is 9.59 Å². The lowest BCUT2D eigenvalue weighted by atomic mass is 9.86. The van der Waals surface area contributed by atoms with E-state index in [2.05, 4.69) is 5.32 Å². The fourth-order valence-corrected chi connectivity index (χ4v) is 1.90. The number of carbonyl (C=O) groups excluding carboxylic acids is 2. The summed E-state index contributed by atoms with van der Waals surface area (Å²) in [7, 11) is 0. The van der Waals surface area contributed by atoms with Crippen LogP contribution in [0.2, 0.25) is 0 Å². The maximum Gasteiger partial charge on any atom is 0.408 e. The van der Waals surface area contributed by atoms with Gasteiger partial charge < -0.3 is 19.5 Å². The Morgan fingerprint density at radius 1 is 1.19 bits per heavy atom. The Kier molecular flexibility index (Phi) is 5.61. The Hall–Kier alpha value is -1.30. The minimum atomic E-state index is -0.772. The lowest BCUT2D eigenvalue weighted by molar-refractivity contribution is -0.160. The molecule has 6 nitrogen and oxygen atoms in total. The second-order valence-electron chi connectivity index (χ2n) is 7.37. The smallest absolute Gasteiger partial charge is 0.408 e. The predicted molar refractivity (Wildman–Crippen MR) is 77.9 cm³/mol. The molecule has 1 N–H and O–H groups in total. The van der Waals surface area contributed by atoms with Gasteiger partial charge >= 0.3 is 12.1 Å². The summed E-state index contributed by atoms with van der Waals surface area (Å²) in [4.78, 5) is 24.2. The van der Waals surface area contributed by atoms with Crippen molar-refractivity contribution in [3.05, 3.63) is 0 Å². The molecule has 1 heterocycles. The molecule has 1 saturated heterocycles. The molecular weight excluding hydrogens is 274 g/mol. The van der Waals surface area contributed by atoms with E-state index in [-0.39, 0.29) is 6.10 Å². The number of rotatable bonds is 3. The van der Waals surface area contributed by atoms with Crippen LogP contribution in [0.4, 0.5) is 4.79 Å². The summed E-state index contributed by atoms with van der Waals surface area (Å²) in [5.74, 6) is -0.463. The van der Waals surface area contributed by atoms with E-state index in [1.54, 1.807) is 20.8 Å². The molecule has 1 rings (SSSR count). The second kappa shape index (κ2) is 6.64. The number of hydrogen-bond donors (Lipinski definition) is 1. The van der Waals surface area contributed by atoms with Gasteiger partial charge in [0.2, 0.25) is 0 Å². The molecule has 0 radical (unpaired) electrons. The van der Waals surface area contributed by atoms with Crippen LogP contribution in [0.25, 0.3) is 0 Å². The highest BCUT2D eigenvalue weighted by atomic mass is 16.6. The van der Waals surface area contributed by atoms with Crippen LogP contribution < -0.4 is 5.32 Å². The van der Waals surface area contributed by atoms with Gasteiger partial charge in [0.1, 0.15) is 17.7 Å². The number of esters is 1. The van der Waals surface area contributed by atoms with Gasteiger partial charge in [-0.15, -0.1) is 0 Å². The van der Waals surface area contributed by atoms with E-state index < -0.39 is 29.1 Å². The minimum Gasteiger partial charge on any atom is -0.458 e. The fourth-order valence-electron chi connectivity index (χ4n) is 1.90. The first kappa shape index (κ1) is 17.8. The zero-order valence-electron chi connectivity index (χ0n) is 13.8. The predicted octanol–water partition coefficient (Wildman–Crippen LogP) is 2.26. The van der Waals surface area contributed by atoms with Crippen molar-refractivity contribution in [2.75, 3.05) is 13.2 Å². The Morgan fingerprint density at radius 2 is 1.81 bits per heavy atom. The molecular formula is C15H27NO5. The molecule has 0 unspecified atom stereocenters. The molecule has 0 aromatic rings. The van der Waals surface area contributed by atoms with Crippen LogP contribution >= 0.6 is 0 Å². The highest BCUT2D eigenvalue weighted by Crippen LogP contribution is 2.23. The van der Waals surface area contributed by atoms with Crippen LogP contribution in [0.1, 0.15) is 48.0 Å².